The van der Waals surface area contributed by atoms with Gasteiger partial charge in [0.15, 0.2) is 0 Å². The number of rotatable bonds is 81. The minimum Gasteiger partial charge on any atom is -0.382 e. The highest BCUT2D eigenvalue weighted by atomic mass is 16.6. The molecule has 536 valence electrons. The second kappa shape index (κ2) is 77.3. The second-order valence-electron chi connectivity index (χ2n) is 18.9. The third-order valence-electron chi connectivity index (χ3n) is 11.2. The number of hydrogen-bond acceptors (Lipinski definition) is 29. The van der Waals surface area contributed by atoms with Crippen LogP contribution >= 0.6 is 0 Å². The van der Waals surface area contributed by atoms with E-state index in [0.717, 1.165) is 6.29 Å². The molecule has 90 heavy (non-hydrogen) atoms. The molecule has 31 nitrogen and oxygen atoms in total. The van der Waals surface area contributed by atoms with Gasteiger partial charge >= 0.3 is 0 Å². The predicted octanol–water partition coefficient (Wildman–Crippen LogP) is -1.04. The van der Waals surface area contributed by atoms with Gasteiger partial charge in [0, 0.05) is 46.6 Å². The molecule has 0 radical (unpaired) electrons. The smallest absolute Gasteiger partial charge is 0.222 e. The van der Waals surface area contributed by atoms with Crippen molar-refractivity contribution in [3.05, 3.63) is 0 Å². The number of ether oxygens (including phenoxy) is 25. The maximum atomic E-state index is 12.4. The first-order chi connectivity index (χ1) is 44.5. The molecule has 0 rings (SSSR count). The maximum absolute atomic E-state index is 12.4. The van der Waals surface area contributed by atoms with Crippen LogP contribution < -0.4 is 16.4 Å². The van der Waals surface area contributed by atoms with Crippen molar-refractivity contribution in [3.8, 4) is 0 Å². The summed E-state index contributed by atoms with van der Waals surface area (Å²) in [7, 11) is 3.27. The first-order valence-corrected chi connectivity index (χ1v) is 31.5. The molecule has 0 aliphatic carbocycles. The first-order valence-electron chi connectivity index (χ1n) is 31.5. The Kier molecular flexibility index (Phi) is 75.2. The molecule has 0 bridgehead atoms. The molecule has 2 amide bonds. The van der Waals surface area contributed by atoms with Gasteiger partial charge < -0.3 is 140 Å². The minimum atomic E-state index is -1.08. The van der Waals surface area contributed by atoms with Crippen molar-refractivity contribution in [1.29, 1.82) is 0 Å². The van der Waals surface area contributed by atoms with Gasteiger partial charge in [-0.2, -0.15) is 0 Å². The average molecular weight is 1320 g/mol. The second-order valence-corrected chi connectivity index (χ2v) is 18.9. The molecule has 0 saturated heterocycles. The molecule has 0 aliphatic heterocycles. The number of methoxy groups -OCH3 is 2. The summed E-state index contributed by atoms with van der Waals surface area (Å²) in [6.45, 7) is 20.8. The number of hydrogen-bond donors (Lipinski definition) is 3. The summed E-state index contributed by atoms with van der Waals surface area (Å²) in [6, 6.07) is 0. The van der Waals surface area contributed by atoms with E-state index in [1.807, 2.05) is 0 Å². The van der Waals surface area contributed by atoms with Crippen LogP contribution in [0.25, 0.3) is 0 Å². The Bertz CT molecular complexity index is 1340. The van der Waals surface area contributed by atoms with Crippen molar-refractivity contribution in [2.24, 2.45) is 5.73 Å². The van der Waals surface area contributed by atoms with E-state index in [9.17, 15) is 14.4 Å². The largest absolute Gasteiger partial charge is 0.382 e. The highest BCUT2D eigenvalue weighted by molar-refractivity contribution is 5.76. The van der Waals surface area contributed by atoms with Crippen molar-refractivity contribution < 1.29 is 133 Å². The zero-order valence-corrected chi connectivity index (χ0v) is 54.6. The van der Waals surface area contributed by atoms with Gasteiger partial charge in [-0.05, 0) is 0 Å². The van der Waals surface area contributed by atoms with Crippen LogP contribution in [0.4, 0.5) is 0 Å². The van der Waals surface area contributed by atoms with E-state index in [2.05, 4.69) is 10.6 Å². The van der Waals surface area contributed by atoms with Crippen LogP contribution in [0.2, 0.25) is 0 Å². The monoisotopic (exact) mass is 1320 g/mol. The lowest BCUT2D eigenvalue weighted by molar-refractivity contribution is -0.123. The van der Waals surface area contributed by atoms with Crippen LogP contribution in [0, 0.1) is 0 Å². The van der Waals surface area contributed by atoms with Gasteiger partial charge in [-0.15, -0.1) is 0 Å². The predicted molar refractivity (Wildman–Crippen MR) is 325 cm³/mol. The molecule has 0 spiro atoms. The molecular formula is C59H117N3O28. The minimum absolute atomic E-state index is 0.0206. The van der Waals surface area contributed by atoms with Gasteiger partial charge in [0.05, 0.1) is 323 Å². The van der Waals surface area contributed by atoms with Crippen LogP contribution in [-0.2, 0) is 133 Å². The lowest BCUT2D eigenvalue weighted by Crippen LogP contribution is -2.53. The van der Waals surface area contributed by atoms with Gasteiger partial charge in [0.25, 0.3) is 0 Å². The Balaban J connectivity index is 3.60. The summed E-state index contributed by atoms with van der Waals surface area (Å²) in [5, 5.41) is 5.57. The van der Waals surface area contributed by atoms with Crippen LogP contribution in [-0.4, -0.2) is 368 Å². The molecule has 0 aromatic carbocycles. The van der Waals surface area contributed by atoms with E-state index < -0.39 is 5.54 Å². The molecule has 0 saturated carbocycles. The summed E-state index contributed by atoms with van der Waals surface area (Å²) in [5.74, 6) is -0.423. The molecule has 4 N–H and O–H groups in total. The van der Waals surface area contributed by atoms with Crippen molar-refractivity contribution in [2.45, 2.75) is 24.8 Å². The van der Waals surface area contributed by atoms with Gasteiger partial charge in [0.2, 0.25) is 11.8 Å². The standard InChI is InChI=1S/C59H117N3O28/c1-66-14-16-70-22-24-74-30-32-78-38-40-82-46-48-86-52-50-84-44-42-80-36-34-76-28-26-72-20-18-68-12-6-61-57(64)4-10-89-55-59(60,54-88-9-3-8-63)56-90-11-5-58(65)62-7-13-69-19-21-73-27-29-77-35-37-81-43-45-85-51-53-87-49-47-83-41-39-79-33-31-75-25-23-71-17-15-67-2/h8H,3-7,9-56,60H2,1-2H3,(H,61,64)(H,62,65). The maximum Gasteiger partial charge on any atom is 0.222 e. The lowest BCUT2D eigenvalue weighted by atomic mass is 10.1. The van der Waals surface area contributed by atoms with Crippen LogP contribution in [0.1, 0.15) is 19.3 Å². The van der Waals surface area contributed by atoms with Crippen molar-refractivity contribution in [2.75, 3.05) is 344 Å². The van der Waals surface area contributed by atoms with Crippen molar-refractivity contribution in [3.63, 3.8) is 0 Å². The fourth-order valence-corrected chi connectivity index (χ4v) is 6.56. The zero-order valence-electron chi connectivity index (χ0n) is 54.6. The van der Waals surface area contributed by atoms with E-state index in [-0.39, 0.29) is 70.7 Å². The number of carbonyl (C=O) groups is 3. The van der Waals surface area contributed by atoms with Gasteiger partial charge in [-0.3, -0.25) is 9.59 Å². The Morgan fingerprint density at radius 3 is 0.633 bits per heavy atom. The number of nitrogens with one attached hydrogen (secondary N) is 2. The van der Waals surface area contributed by atoms with Crippen molar-refractivity contribution in [1.82, 2.24) is 10.6 Å². The SMILES string of the molecule is COCCOCCOCCOCCOCCOCCOCCOCCOCCOCCOCCNC(=O)CCOCC(N)(COCCC=O)COCCC(=O)NCCOCCOCCOCCOCCOCCOCCOCCOCCOCCOCCOC. The van der Waals surface area contributed by atoms with E-state index in [1.165, 1.54) is 0 Å². The third-order valence-corrected chi connectivity index (χ3v) is 11.2. The number of carbonyl (C=O) groups excluding carboxylic acids is 3. The number of nitrogens with two attached hydrogens (primary N) is 1. The molecule has 0 aliphatic rings. The Labute approximate surface area is 535 Å². The third kappa shape index (κ3) is 74.6. The Morgan fingerprint density at radius 2 is 0.444 bits per heavy atom. The van der Waals surface area contributed by atoms with Crippen molar-refractivity contribution >= 4 is 18.1 Å². The lowest BCUT2D eigenvalue weighted by Gasteiger charge is -2.28. The zero-order chi connectivity index (χ0) is 64.9. The molecule has 0 heterocycles. The topological polar surface area (TPSA) is 332 Å². The quantitative estimate of drug-likeness (QED) is 0.0484. The van der Waals surface area contributed by atoms with Gasteiger partial charge in [-0.1, -0.05) is 0 Å². The summed E-state index contributed by atoms with van der Waals surface area (Å²) in [4.78, 5) is 35.5. The molecule has 0 atom stereocenters. The molecule has 0 aromatic heterocycles. The summed E-state index contributed by atoms with van der Waals surface area (Å²) < 4.78 is 136. The highest BCUT2D eigenvalue weighted by Gasteiger charge is 2.27. The van der Waals surface area contributed by atoms with E-state index in [4.69, 9.17) is 124 Å². The summed E-state index contributed by atoms with van der Waals surface area (Å²) in [5.41, 5.74) is 5.45. The molecule has 0 unspecified atom stereocenters. The van der Waals surface area contributed by atoms with Gasteiger partial charge in [0.1, 0.15) is 6.29 Å². The number of amides is 2. The molecular weight excluding hydrogens is 1200 g/mol. The fourth-order valence-electron chi connectivity index (χ4n) is 6.56. The van der Waals surface area contributed by atoms with E-state index in [1.54, 1.807) is 14.2 Å². The average Bonchev–Trinajstić information content (AvgIpc) is 3.76. The Morgan fingerprint density at radius 1 is 0.267 bits per heavy atom. The fraction of sp³-hybridized carbons (Fsp3) is 0.949. The van der Waals surface area contributed by atoms with Crippen LogP contribution in [0.5, 0.6) is 0 Å². The van der Waals surface area contributed by atoms with Gasteiger partial charge in [-0.25, -0.2) is 0 Å². The molecule has 0 aromatic rings. The Hall–Kier alpha value is -2.43. The number of aldehydes is 1. The van der Waals surface area contributed by atoms with E-state index >= 15 is 0 Å². The molecule has 31 heteroatoms. The summed E-state index contributed by atoms with van der Waals surface area (Å²) >= 11 is 0. The van der Waals surface area contributed by atoms with Crippen LogP contribution in [0.3, 0.4) is 0 Å². The van der Waals surface area contributed by atoms with Crippen LogP contribution in [0.15, 0.2) is 0 Å². The highest BCUT2D eigenvalue weighted by Crippen LogP contribution is 2.06. The normalized spacial score (nSPS) is 11.8. The molecule has 0 fully saturated rings. The van der Waals surface area contributed by atoms with E-state index in [0.29, 0.717) is 291 Å². The first kappa shape index (κ1) is 87.6. The summed E-state index contributed by atoms with van der Waals surface area (Å²) in [6.07, 6.45) is 1.17.